The van der Waals surface area contributed by atoms with Gasteiger partial charge < -0.3 is 0 Å². The largest absolute Gasteiger partial charge is 0.240 e. The Morgan fingerprint density at radius 1 is 1.07 bits per heavy atom. The number of benzene rings is 2. The highest BCUT2D eigenvalue weighted by molar-refractivity contribution is 7.89. The molecule has 0 unspecified atom stereocenters. The molecule has 1 fully saturated rings. The first-order chi connectivity index (χ1) is 13.0. The minimum absolute atomic E-state index is 0.0124. The maximum Gasteiger partial charge on any atom is 0.240 e. The zero-order valence-corrected chi connectivity index (χ0v) is 17.2. The second-order valence-corrected chi connectivity index (χ2v) is 9.58. The maximum absolute atomic E-state index is 12.9. The Balaban J connectivity index is 1.70. The fourth-order valence-electron chi connectivity index (χ4n) is 3.87. The van der Waals surface area contributed by atoms with Gasteiger partial charge in [0.1, 0.15) is 0 Å². The summed E-state index contributed by atoms with van der Waals surface area (Å²) in [6.07, 6.45) is 6.55. The smallest absolute Gasteiger partial charge is 0.208 e. The Morgan fingerprint density at radius 3 is 2.44 bits per heavy atom. The Kier molecular flexibility index (Phi) is 6.72. The molecule has 4 heteroatoms. The van der Waals surface area contributed by atoms with Gasteiger partial charge in [0.25, 0.3) is 0 Å². The minimum atomic E-state index is -3.48. The van der Waals surface area contributed by atoms with Crippen LogP contribution < -0.4 is 4.72 Å². The second-order valence-electron chi connectivity index (χ2n) is 7.87. The van der Waals surface area contributed by atoms with Crippen molar-refractivity contribution in [3.05, 3.63) is 65.7 Å². The van der Waals surface area contributed by atoms with E-state index in [0.29, 0.717) is 16.7 Å². The first kappa shape index (κ1) is 20.1. The second kappa shape index (κ2) is 9.03. The van der Waals surface area contributed by atoms with Crippen LogP contribution in [0, 0.1) is 18.8 Å². The lowest BCUT2D eigenvalue weighted by Gasteiger charge is -2.19. The van der Waals surface area contributed by atoms with Crippen LogP contribution in [0.1, 0.15) is 50.2 Å². The fraction of sp³-hybridized carbons (Fsp3) is 0.478. The van der Waals surface area contributed by atoms with E-state index in [0.717, 1.165) is 24.8 Å². The molecule has 27 heavy (non-hydrogen) atoms. The van der Waals surface area contributed by atoms with Crippen LogP contribution in [0.4, 0.5) is 0 Å². The number of unbranched alkanes of at least 4 members (excludes halogenated alkanes) is 1. The zero-order valence-electron chi connectivity index (χ0n) is 16.4. The van der Waals surface area contributed by atoms with Crippen molar-refractivity contribution < 1.29 is 8.42 Å². The van der Waals surface area contributed by atoms with E-state index in [1.807, 2.05) is 37.3 Å². The highest BCUT2D eigenvalue weighted by Crippen LogP contribution is 2.46. The summed E-state index contributed by atoms with van der Waals surface area (Å²) in [7, 11) is -3.48. The molecule has 2 aromatic carbocycles. The molecule has 0 heterocycles. The van der Waals surface area contributed by atoms with E-state index in [1.54, 1.807) is 12.1 Å². The molecule has 0 aliphatic heterocycles. The summed E-state index contributed by atoms with van der Waals surface area (Å²) in [6.45, 7) is 4.18. The summed E-state index contributed by atoms with van der Waals surface area (Å²) in [5.74, 6) is 1.15. The van der Waals surface area contributed by atoms with Crippen molar-refractivity contribution in [1.82, 2.24) is 4.72 Å². The molecule has 0 spiro atoms. The molecule has 1 N–H and O–H groups in total. The van der Waals surface area contributed by atoms with Crippen molar-refractivity contribution in [2.75, 3.05) is 0 Å². The highest BCUT2D eigenvalue weighted by atomic mass is 32.2. The van der Waals surface area contributed by atoms with Gasteiger partial charge in [0.2, 0.25) is 10.0 Å². The van der Waals surface area contributed by atoms with Gasteiger partial charge in [-0.15, -0.1) is 0 Å². The lowest BCUT2D eigenvalue weighted by Crippen LogP contribution is -2.37. The molecular weight excluding hydrogens is 354 g/mol. The van der Waals surface area contributed by atoms with E-state index in [2.05, 4.69) is 23.8 Å². The maximum atomic E-state index is 12.9. The first-order valence-corrected chi connectivity index (χ1v) is 11.6. The van der Waals surface area contributed by atoms with Crippen LogP contribution in [-0.4, -0.2) is 14.5 Å². The monoisotopic (exact) mass is 385 g/mol. The topological polar surface area (TPSA) is 46.2 Å². The van der Waals surface area contributed by atoms with Gasteiger partial charge in [-0.3, -0.25) is 0 Å². The summed E-state index contributed by atoms with van der Waals surface area (Å²) in [5.41, 5.74) is 2.33. The Hall–Kier alpha value is -1.65. The molecular formula is C23H31NO2S. The van der Waals surface area contributed by atoms with Crippen molar-refractivity contribution in [2.45, 2.75) is 63.3 Å². The van der Waals surface area contributed by atoms with E-state index in [4.69, 9.17) is 0 Å². The number of sulfonamides is 1. The highest BCUT2D eigenvalue weighted by Gasteiger charge is 2.43. The molecule has 1 saturated carbocycles. The van der Waals surface area contributed by atoms with E-state index >= 15 is 0 Å². The van der Waals surface area contributed by atoms with Crippen molar-refractivity contribution in [3.8, 4) is 0 Å². The van der Waals surface area contributed by atoms with Gasteiger partial charge in [0, 0.05) is 6.04 Å². The molecule has 2 aromatic rings. The SMILES string of the molecule is CCCC[C@@H]1C[C@@H]1[C@H](CCc1ccccc1)NS(=O)(=O)c1ccc(C)cc1. The molecule has 0 aromatic heterocycles. The molecule has 3 nitrogen and oxygen atoms in total. The predicted octanol–water partition coefficient (Wildman–Crippen LogP) is 5.10. The van der Waals surface area contributed by atoms with Gasteiger partial charge in [0.05, 0.1) is 4.90 Å². The summed E-state index contributed by atoms with van der Waals surface area (Å²) in [4.78, 5) is 0.364. The van der Waals surface area contributed by atoms with Gasteiger partial charge >= 0.3 is 0 Å². The number of hydrogen-bond donors (Lipinski definition) is 1. The van der Waals surface area contributed by atoms with Crippen LogP contribution >= 0.6 is 0 Å². The van der Waals surface area contributed by atoms with Gasteiger partial charge in [-0.05, 0) is 55.7 Å². The summed E-state index contributed by atoms with van der Waals surface area (Å²) in [6, 6.07) is 17.5. The first-order valence-electron chi connectivity index (χ1n) is 10.1. The standard InChI is InChI=1S/C23H31NO2S/c1-3-4-10-20-17-22(20)23(16-13-19-8-6-5-7-9-19)24-27(25,26)21-14-11-18(2)12-15-21/h5-9,11-12,14-15,20,22-24H,3-4,10,13,16-17H2,1-2H3/t20-,22+,23+/m1/s1. The van der Waals surface area contributed by atoms with Crippen LogP contribution in [0.25, 0.3) is 0 Å². The van der Waals surface area contributed by atoms with Crippen LogP contribution in [0.3, 0.4) is 0 Å². The average molecular weight is 386 g/mol. The van der Waals surface area contributed by atoms with Crippen molar-refractivity contribution in [2.24, 2.45) is 11.8 Å². The Bertz CT molecular complexity index is 815. The number of aryl methyl sites for hydroxylation is 2. The zero-order chi connectivity index (χ0) is 19.3. The third-order valence-corrected chi connectivity index (χ3v) is 7.15. The van der Waals surface area contributed by atoms with Crippen molar-refractivity contribution in [3.63, 3.8) is 0 Å². The third-order valence-electron chi connectivity index (χ3n) is 5.65. The van der Waals surface area contributed by atoms with Crippen LogP contribution in [-0.2, 0) is 16.4 Å². The molecule has 0 saturated heterocycles. The lowest BCUT2D eigenvalue weighted by molar-refractivity contribution is 0.454. The molecule has 0 amide bonds. The van der Waals surface area contributed by atoms with E-state index in [-0.39, 0.29) is 6.04 Å². The molecule has 146 valence electrons. The minimum Gasteiger partial charge on any atom is -0.208 e. The number of nitrogens with one attached hydrogen (secondary N) is 1. The quantitative estimate of drug-likeness (QED) is 0.618. The summed E-state index contributed by atoms with van der Waals surface area (Å²) >= 11 is 0. The van der Waals surface area contributed by atoms with Gasteiger partial charge in [-0.1, -0.05) is 74.2 Å². The predicted molar refractivity (Wildman–Crippen MR) is 111 cm³/mol. The van der Waals surface area contributed by atoms with Crippen LogP contribution in [0.15, 0.2) is 59.5 Å². The molecule has 3 atom stereocenters. The van der Waals surface area contributed by atoms with E-state index in [9.17, 15) is 8.42 Å². The molecule has 0 radical (unpaired) electrons. The Morgan fingerprint density at radius 2 is 1.78 bits per heavy atom. The molecule has 3 rings (SSSR count). The summed E-state index contributed by atoms with van der Waals surface area (Å²) in [5, 5.41) is 0. The average Bonchev–Trinajstić information content (AvgIpc) is 3.44. The Labute approximate surface area is 164 Å². The van der Waals surface area contributed by atoms with Gasteiger partial charge in [-0.25, -0.2) is 13.1 Å². The number of rotatable bonds is 10. The normalized spacial score (nSPS) is 20.4. The van der Waals surface area contributed by atoms with Crippen molar-refractivity contribution in [1.29, 1.82) is 0 Å². The van der Waals surface area contributed by atoms with Gasteiger partial charge in [0.15, 0.2) is 0 Å². The summed E-state index contributed by atoms with van der Waals surface area (Å²) < 4.78 is 28.9. The van der Waals surface area contributed by atoms with E-state index in [1.165, 1.54) is 24.8 Å². The number of hydrogen-bond acceptors (Lipinski definition) is 2. The van der Waals surface area contributed by atoms with E-state index < -0.39 is 10.0 Å². The van der Waals surface area contributed by atoms with Crippen molar-refractivity contribution >= 4 is 10.0 Å². The fourth-order valence-corrected chi connectivity index (χ4v) is 5.20. The lowest BCUT2D eigenvalue weighted by atomic mass is 10.0. The van der Waals surface area contributed by atoms with Crippen LogP contribution in [0.2, 0.25) is 0 Å². The van der Waals surface area contributed by atoms with Crippen LogP contribution in [0.5, 0.6) is 0 Å². The van der Waals surface area contributed by atoms with Gasteiger partial charge in [-0.2, -0.15) is 0 Å². The molecule has 1 aliphatic carbocycles. The molecule has 1 aliphatic rings. The molecule has 0 bridgehead atoms. The third kappa shape index (κ3) is 5.66.